The maximum Gasteiger partial charge on any atom is 0.221 e. The molecule has 0 aliphatic carbocycles. The van der Waals surface area contributed by atoms with Gasteiger partial charge in [-0.3, -0.25) is 4.79 Å². The van der Waals surface area contributed by atoms with Gasteiger partial charge in [0.1, 0.15) is 0 Å². The van der Waals surface area contributed by atoms with Crippen LogP contribution in [0, 0.1) is 0 Å². The molecule has 4 aromatic rings. The molecule has 0 spiro atoms. The molecule has 8 heteroatoms. The van der Waals surface area contributed by atoms with Crippen LogP contribution in [0.5, 0.6) is 0 Å². The normalized spacial score (nSPS) is 11.3. The number of nitrogens with zero attached hydrogens (tertiary/aromatic N) is 5. The lowest BCUT2D eigenvalue weighted by atomic mass is 10.1. The monoisotopic (exact) mass is 335 g/mol. The standard InChI is InChI=1S/C17H17N7O/c1-19-16-15-17(23(2)9-20-15)24-14(21-16)8-12(22-24)11-5-3-4-10(6-11)7-13(18)25/h3-6,8-9H,7H2,1-2H3,(H2,18,25)(H,19,21). The lowest BCUT2D eigenvalue weighted by molar-refractivity contribution is -0.117. The first-order chi connectivity index (χ1) is 12.1. The molecule has 0 radical (unpaired) electrons. The molecule has 4 rings (SSSR count). The van der Waals surface area contributed by atoms with E-state index in [0.717, 1.165) is 33.6 Å². The molecule has 0 atom stereocenters. The summed E-state index contributed by atoms with van der Waals surface area (Å²) in [5.74, 6) is 0.348. The molecule has 0 fully saturated rings. The lowest BCUT2D eigenvalue weighted by Crippen LogP contribution is -2.13. The van der Waals surface area contributed by atoms with Crippen molar-refractivity contribution in [2.24, 2.45) is 12.8 Å². The van der Waals surface area contributed by atoms with Crippen LogP contribution in [0.1, 0.15) is 5.56 Å². The number of benzene rings is 1. The average Bonchev–Trinajstić information content (AvgIpc) is 3.17. The molecule has 0 bridgehead atoms. The number of hydrogen-bond donors (Lipinski definition) is 2. The number of imidazole rings is 1. The third-order valence-corrected chi connectivity index (χ3v) is 4.09. The van der Waals surface area contributed by atoms with E-state index >= 15 is 0 Å². The van der Waals surface area contributed by atoms with E-state index in [1.165, 1.54) is 0 Å². The van der Waals surface area contributed by atoms with Crippen molar-refractivity contribution in [1.82, 2.24) is 24.1 Å². The Morgan fingerprint density at radius 2 is 2.16 bits per heavy atom. The summed E-state index contributed by atoms with van der Waals surface area (Å²) in [6, 6.07) is 9.55. The first-order valence-electron chi connectivity index (χ1n) is 7.83. The summed E-state index contributed by atoms with van der Waals surface area (Å²) >= 11 is 0. The van der Waals surface area contributed by atoms with E-state index in [2.05, 4.69) is 20.4 Å². The Balaban J connectivity index is 1.91. The maximum absolute atomic E-state index is 11.2. The summed E-state index contributed by atoms with van der Waals surface area (Å²) in [5, 5.41) is 7.76. The fourth-order valence-corrected chi connectivity index (χ4v) is 2.97. The number of rotatable bonds is 4. The number of primary amides is 1. The van der Waals surface area contributed by atoms with Gasteiger partial charge < -0.3 is 15.6 Å². The molecule has 3 aromatic heterocycles. The predicted octanol–water partition coefficient (Wildman–Crippen LogP) is 1.35. The van der Waals surface area contributed by atoms with E-state index in [1.54, 1.807) is 10.8 Å². The second kappa shape index (κ2) is 5.59. The van der Waals surface area contributed by atoms with Gasteiger partial charge >= 0.3 is 0 Å². The molecular weight excluding hydrogens is 318 g/mol. The van der Waals surface area contributed by atoms with Gasteiger partial charge in [0.15, 0.2) is 22.6 Å². The number of hydrogen-bond acceptors (Lipinski definition) is 5. The molecular formula is C17H17N7O. The minimum Gasteiger partial charge on any atom is -0.371 e. The molecule has 126 valence electrons. The third kappa shape index (κ3) is 2.47. The summed E-state index contributed by atoms with van der Waals surface area (Å²) in [6.07, 6.45) is 1.94. The summed E-state index contributed by atoms with van der Waals surface area (Å²) in [7, 11) is 3.74. The van der Waals surface area contributed by atoms with E-state index in [-0.39, 0.29) is 12.3 Å². The Hall–Kier alpha value is -3.42. The van der Waals surface area contributed by atoms with Crippen molar-refractivity contribution in [3.05, 3.63) is 42.2 Å². The highest BCUT2D eigenvalue weighted by atomic mass is 16.1. The number of fused-ring (bicyclic) bond motifs is 3. The number of nitrogens with one attached hydrogen (secondary N) is 1. The molecule has 0 aliphatic rings. The Morgan fingerprint density at radius 3 is 2.92 bits per heavy atom. The van der Waals surface area contributed by atoms with Gasteiger partial charge in [-0.25, -0.2) is 9.97 Å². The average molecular weight is 335 g/mol. The topological polar surface area (TPSA) is 103 Å². The van der Waals surface area contributed by atoms with Gasteiger partial charge in [0.05, 0.1) is 18.4 Å². The zero-order valence-corrected chi connectivity index (χ0v) is 13.9. The fourth-order valence-electron chi connectivity index (χ4n) is 2.97. The quantitative estimate of drug-likeness (QED) is 0.586. The van der Waals surface area contributed by atoms with Gasteiger partial charge in [0, 0.05) is 25.7 Å². The highest BCUT2D eigenvalue weighted by Crippen LogP contribution is 2.25. The van der Waals surface area contributed by atoms with Crippen LogP contribution in [-0.4, -0.2) is 37.1 Å². The SMILES string of the molecule is CNc1nc2cc(-c3cccc(CC(N)=O)c3)nn2c2c1ncn2C. The Labute approximate surface area is 143 Å². The van der Waals surface area contributed by atoms with Crippen LogP contribution in [0.2, 0.25) is 0 Å². The highest BCUT2D eigenvalue weighted by molar-refractivity contribution is 5.86. The van der Waals surface area contributed by atoms with Crippen LogP contribution < -0.4 is 11.1 Å². The number of carbonyl (C=O) groups excluding carboxylic acids is 1. The number of amides is 1. The van der Waals surface area contributed by atoms with Crippen LogP contribution in [0.4, 0.5) is 5.82 Å². The Bertz CT molecular complexity index is 1110. The largest absolute Gasteiger partial charge is 0.371 e. The number of aryl methyl sites for hydroxylation is 1. The maximum atomic E-state index is 11.2. The summed E-state index contributed by atoms with van der Waals surface area (Å²) < 4.78 is 3.68. The minimum atomic E-state index is -0.357. The Kier molecular flexibility index (Phi) is 3.38. The molecule has 8 nitrogen and oxygen atoms in total. The first-order valence-corrected chi connectivity index (χ1v) is 7.83. The first kappa shape index (κ1) is 15.1. The molecule has 0 unspecified atom stereocenters. The van der Waals surface area contributed by atoms with Gasteiger partial charge in [-0.15, -0.1) is 0 Å². The number of carbonyl (C=O) groups is 1. The van der Waals surface area contributed by atoms with Gasteiger partial charge in [0.2, 0.25) is 5.91 Å². The summed E-state index contributed by atoms with van der Waals surface area (Å²) in [5.41, 5.74) is 10.2. The molecule has 3 N–H and O–H groups in total. The van der Waals surface area contributed by atoms with Crippen molar-refractivity contribution in [3.63, 3.8) is 0 Å². The second-order valence-corrected chi connectivity index (χ2v) is 5.88. The minimum absolute atomic E-state index is 0.204. The molecule has 0 saturated carbocycles. The van der Waals surface area contributed by atoms with Gasteiger partial charge in [-0.05, 0) is 11.6 Å². The van der Waals surface area contributed by atoms with Crippen LogP contribution in [0.25, 0.3) is 28.1 Å². The summed E-state index contributed by atoms with van der Waals surface area (Å²) in [6.45, 7) is 0. The Morgan fingerprint density at radius 1 is 1.32 bits per heavy atom. The lowest BCUT2D eigenvalue weighted by Gasteiger charge is -2.03. The van der Waals surface area contributed by atoms with Crippen molar-refractivity contribution in [1.29, 1.82) is 0 Å². The van der Waals surface area contributed by atoms with Gasteiger partial charge in [-0.2, -0.15) is 9.61 Å². The fraction of sp³-hybridized carbons (Fsp3) is 0.176. The molecule has 1 amide bonds. The second-order valence-electron chi connectivity index (χ2n) is 5.88. The van der Waals surface area contributed by atoms with E-state index in [4.69, 9.17) is 5.73 Å². The van der Waals surface area contributed by atoms with Gasteiger partial charge in [-0.1, -0.05) is 18.2 Å². The smallest absolute Gasteiger partial charge is 0.221 e. The van der Waals surface area contributed by atoms with Crippen molar-refractivity contribution >= 4 is 28.5 Å². The van der Waals surface area contributed by atoms with Crippen LogP contribution in [0.15, 0.2) is 36.7 Å². The van der Waals surface area contributed by atoms with E-state index < -0.39 is 0 Å². The predicted molar refractivity (Wildman–Crippen MR) is 95.1 cm³/mol. The zero-order valence-electron chi connectivity index (χ0n) is 13.9. The number of nitrogens with two attached hydrogens (primary N) is 1. The molecule has 3 heterocycles. The van der Waals surface area contributed by atoms with Crippen molar-refractivity contribution in [3.8, 4) is 11.3 Å². The van der Waals surface area contributed by atoms with Crippen LogP contribution in [-0.2, 0) is 18.3 Å². The number of anilines is 1. The molecule has 0 saturated heterocycles. The van der Waals surface area contributed by atoms with E-state index in [1.807, 2.05) is 49.0 Å². The third-order valence-electron chi connectivity index (χ3n) is 4.09. The van der Waals surface area contributed by atoms with E-state index in [9.17, 15) is 4.79 Å². The van der Waals surface area contributed by atoms with Crippen molar-refractivity contribution in [2.75, 3.05) is 12.4 Å². The zero-order chi connectivity index (χ0) is 17.6. The van der Waals surface area contributed by atoms with Crippen molar-refractivity contribution in [2.45, 2.75) is 6.42 Å². The molecule has 0 aliphatic heterocycles. The van der Waals surface area contributed by atoms with Crippen LogP contribution in [0.3, 0.4) is 0 Å². The van der Waals surface area contributed by atoms with Crippen LogP contribution >= 0.6 is 0 Å². The molecule has 1 aromatic carbocycles. The summed E-state index contributed by atoms with van der Waals surface area (Å²) in [4.78, 5) is 20.1. The van der Waals surface area contributed by atoms with Gasteiger partial charge in [0.25, 0.3) is 0 Å². The van der Waals surface area contributed by atoms with Crippen molar-refractivity contribution < 1.29 is 4.79 Å². The highest BCUT2D eigenvalue weighted by Gasteiger charge is 2.15. The molecule has 25 heavy (non-hydrogen) atoms. The van der Waals surface area contributed by atoms with E-state index in [0.29, 0.717) is 5.82 Å². The number of aromatic nitrogens is 5.